The van der Waals surface area contributed by atoms with Crippen LogP contribution in [0.4, 0.5) is 0 Å². The highest BCUT2D eigenvalue weighted by Crippen LogP contribution is 2.49. The molecule has 1 unspecified atom stereocenters. The molecule has 0 spiro atoms. The highest BCUT2D eigenvalue weighted by molar-refractivity contribution is 5.98. The first-order chi connectivity index (χ1) is 15.4. The zero-order chi connectivity index (χ0) is 22.3. The Morgan fingerprint density at radius 3 is 2.69 bits per heavy atom. The first kappa shape index (κ1) is 21.0. The van der Waals surface area contributed by atoms with E-state index in [0.29, 0.717) is 12.0 Å². The number of fused-ring (bicyclic) bond motifs is 2. The summed E-state index contributed by atoms with van der Waals surface area (Å²) in [5.41, 5.74) is 1.42. The van der Waals surface area contributed by atoms with Gasteiger partial charge in [0.05, 0.1) is 6.10 Å². The average Bonchev–Trinajstić information content (AvgIpc) is 2.79. The molecule has 1 amide bonds. The van der Waals surface area contributed by atoms with Gasteiger partial charge in [-0.25, -0.2) is 0 Å². The van der Waals surface area contributed by atoms with Crippen LogP contribution in [0.1, 0.15) is 35.2 Å². The van der Waals surface area contributed by atoms with Crippen molar-refractivity contribution < 1.29 is 15.0 Å². The Labute approximate surface area is 188 Å². The van der Waals surface area contributed by atoms with Gasteiger partial charge in [0.2, 0.25) is 0 Å². The molecule has 32 heavy (non-hydrogen) atoms. The lowest BCUT2D eigenvalue weighted by atomic mass is 9.57. The first-order valence-corrected chi connectivity index (χ1v) is 11.4. The van der Waals surface area contributed by atoms with Gasteiger partial charge in [0, 0.05) is 29.5 Å². The van der Waals surface area contributed by atoms with Crippen LogP contribution in [0, 0.1) is 5.92 Å². The van der Waals surface area contributed by atoms with E-state index < -0.39 is 6.10 Å². The molecule has 0 bridgehead atoms. The third kappa shape index (κ3) is 3.76. The summed E-state index contributed by atoms with van der Waals surface area (Å²) in [6.45, 7) is 1.73. The fourth-order valence-corrected chi connectivity index (χ4v) is 5.90. The molecule has 1 aliphatic carbocycles. The Morgan fingerprint density at radius 2 is 1.88 bits per heavy atom. The number of rotatable bonds is 3. The maximum Gasteiger partial charge on any atom is 0.251 e. The average molecular weight is 431 g/mol. The SMILES string of the molecule is CN1CC[C@@]2(c3cccc(O)c3)C[C@@H](NC(=O)c3ccc4ccccc4c3)CC(O)[C@@H]2C1. The summed E-state index contributed by atoms with van der Waals surface area (Å²) in [6, 6.07) is 21.1. The van der Waals surface area contributed by atoms with E-state index in [9.17, 15) is 15.0 Å². The van der Waals surface area contributed by atoms with Crippen molar-refractivity contribution in [3.05, 3.63) is 77.9 Å². The van der Waals surface area contributed by atoms with Crippen molar-refractivity contribution in [1.29, 1.82) is 0 Å². The van der Waals surface area contributed by atoms with Crippen molar-refractivity contribution in [2.24, 2.45) is 5.92 Å². The molecule has 5 rings (SSSR count). The summed E-state index contributed by atoms with van der Waals surface area (Å²) in [4.78, 5) is 15.4. The number of amides is 1. The molecule has 166 valence electrons. The number of nitrogens with zero attached hydrogens (tertiary/aromatic N) is 1. The molecule has 0 aromatic heterocycles. The highest BCUT2D eigenvalue weighted by atomic mass is 16.3. The maximum atomic E-state index is 13.1. The van der Waals surface area contributed by atoms with E-state index in [1.54, 1.807) is 6.07 Å². The first-order valence-electron chi connectivity index (χ1n) is 11.4. The molecule has 1 heterocycles. The third-order valence-electron chi connectivity index (χ3n) is 7.53. The van der Waals surface area contributed by atoms with E-state index in [1.807, 2.05) is 54.6 Å². The van der Waals surface area contributed by atoms with E-state index in [4.69, 9.17) is 0 Å². The lowest BCUT2D eigenvalue weighted by molar-refractivity contribution is -0.0420. The van der Waals surface area contributed by atoms with Gasteiger partial charge in [0.15, 0.2) is 0 Å². The molecule has 3 N–H and O–H groups in total. The number of hydrogen-bond donors (Lipinski definition) is 3. The molecule has 1 saturated heterocycles. The fourth-order valence-electron chi connectivity index (χ4n) is 5.90. The van der Waals surface area contributed by atoms with E-state index in [0.717, 1.165) is 42.3 Å². The van der Waals surface area contributed by atoms with Crippen molar-refractivity contribution in [2.45, 2.75) is 36.8 Å². The molecule has 0 radical (unpaired) electrons. The second-order valence-electron chi connectivity index (χ2n) is 9.56. The Hall–Kier alpha value is -2.89. The van der Waals surface area contributed by atoms with Gasteiger partial charge in [-0.3, -0.25) is 4.79 Å². The Kier molecular flexibility index (Phi) is 5.39. The summed E-state index contributed by atoms with van der Waals surface area (Å²) in [5, 5.41) is 26.7. The second kappa shape index (κ2) is 8.23. The van der Waals surface area contributed by atoms with Gasteiger partial charge in [0.25, 0.3) is 5.91 Å². The summed E-state index contributed by atoms with van der Waals surface area (Å²) in [5.74, 6) is 0.202. The number of carbonyl (C=O) groups excluding carboxylic acids is 1. The molecular weight excluding hydrogens is 400 g/mol. The van der Waals surface area contributed by atoms with Crippen molar-refractivity contribution in [3.8, 4) is 5.75 Å². The molecule has 3 aromatic rings. The van der Waals surface area contributed by atoms with Crippen molar-refractivity contribution in [1.82, 2.24) is 10.2 Å². The topological polar surface area (TPSA) is 72.8 Å². The minimum absolute atomic E-state index is 0.0665. The van der Waals surface area contributed by atoms with Crippen LogP contribution in [-0.4, -0.2) is 53.3 Å². The predicted octanol–water partition coefficient (Wildman–Crippen LogP) is 3.69. The van der Waals surface area contributed by atoms with Crippen LogP contribution >= 0.6 is 0 Å². The van der Waals surface area contributed by atoms with Gasteiger partial charge >= 0.3 is 0 Å². The van der Waals surface area contributed by atoms with Gasteiger partial charge in [-0.05, 0) is 73.5 Å². The molecule has 5 nitrogen and oxygen atoms in total. The lowest BCUT2D eigenvalue weighted by Crippen LogP contribution is -2.60. The number of phenols is 1. The molecule has 5 heteroatoms. The minimum Gasteiger partial charge on any atom is -0.508 e. The van der Waals surface area contributed by atoms with E-state index >= 15 is 0 Å². The number of aliphatic hydroxyl groups is 1. The lowest BCUT2D eigenvalue weighted by Gasteiger charge is -2.54. The molecular formula is C27H30N2O3. The molecule has 1 saturated carbocycles. The van der Waals surface area contributed by atoms with Gasteiger partial charge in [-0.15, -0.1) is 0 Å². The van der Waals surface area contributed by atoms with Crippen LogP contribution in [0.15, 0.2) is 66.7 Å². The van der Waals surface area contributed by atoms with Crippen molar-refractivity contribution >= 4 is 16.7 Å². The number of aliphatic hydroxyl groups excluding tert-OH is 1. The van der Waals surface area contributed by atoms with Crippen LogP contribution in [0.5, 0.6) is 5.75 Å². The molecule has 2 fully saturated rings. The molecule has 4 atom stereocenters. The van der Waals surface area contributed by atoms with Crippen molar-refractivity contribution in [3.63, 3.8) is 0 Å². The smallest absolute Gasteiger partial charge is 0.251 e. The van der Waals surface area contributed by atoms with Gasteiger partial charge in [0.1, 0.15) is 5.75 Å². The number of piperidine rings is 1. The zero-order valence-electron chi connectivity index (χ0n) is 18.4. The normalized spacial score (nSPS) is 28.2. The largest absolute Gasteiger partial charge is 0.508 e. The Bertz CT molecular complexity index is 1150. The maximum absolute atomic E-state index is 13.1. The monoisotopic (exact) mass is 430 g/mol. The summed E-state index contributed by atoms with van der Waals surface area (Å²) >= 11 is 0. The number of phenolic OH excluding ortho intramolecular Hbond substituents is 1. The molecule has 1 aliphatic heterocycles. The number of hydrogen-bond acceptors (Lipinski definition) is 4. The number of benzene rings is 3. The van der Waals surface area contributed by atoms with Crippen LogP contribution in [0.3, 0.4) is 0 Å². The highest BCUT2D eigenvalue weighted by Gasteiger charge is 2.51. The molecule has 3 aromatic carbocycles. The van der Waals surface area contributed by atoms with Crippen molar-refractivity contribution in [2.75, 3.05) is 20.1 Å². The third-order valence-corrected chi connectivity index (χ3v) is 7.53. The molecule has 2 aliphatic rings. The standard InChI is InChI=1S/C27H30N2O3/c1-29-12-11-27(21-7-4-8-23(30)14-21)16-22(15-25(31)24(27)17-29)28-26(32)20-10-9-18-5-2-3-6-19(18)13-20/h2-10,13-14,22,24-25,30-31H,11-12,15-17H2,1H3,(H,28,32)/t22-,24-,25?,27-/m0/s1. The number of aromatic hydroxyl groups is 1. The summed E-state index contributed by atoms with van der Waals surface area (Å²) in [6.07, 6.45) is 1.66. The van der Waals surface area contributed by atoms with E-state index in [-0.39, 0.29) is 29.0 Å². The van der Waals surface area contributed by atoms with Gasteiger partial charge in [-0.2, -0.15) is 0 Å². The number of nitrogens with one attached hydrogen (secondary N) is 1. The van der Waals surface area contributed by atoms with Crippen LogP contribution in [0.2, 0.25) is 0 Å². The predicted molar refractivity (Wildman–Crippen MR) is 126 cm³/mol. The van der Waals surface area contributed by atoms with E-state index in [1.165, 1.54) is 0 Å². The Morgan fingerprint density at radius 1 is 1.06 bits per heavy atom. The second-order valence-corrected chi connectivity index (χ2v) is 9.56. The summed E-state index contributed by atoms with van der Waals surface area (Å²) in [7, 11) is 2.09. The van der Waals surface area contributed by atoms with Crippen LogP contribution in [-0.2, 0) is 5.41 Å². The number of likely N-dealkylation sites (tertiary alicyclic amines) is 1. The number of carbonyl (C=O) groups is 1. The van der Waals surface area contributed by atoms with Gasteiger partial charge in [-0.1, -0.05) is 42.5 Å². The van der Waals surface area contributed by atoms with E-state index in [2.05, 4.69) is 23.3 Å². The van der Waals surface area contributed by atoms with Gasteiger partial charge < -0.3 is 20.4 Å². The minimum atomic E-state index is -0.518. The zero-order valence-corrected chi connectivity index (χ0v) is 18.4. The Balaban J connectivity index is 1.43. The summed E-state index contributed by atoms with van der Waals surface area (Å²) < 4.78 is 0. The fraction of sp³-hybridized carbons (Fsp3) is 0.370. The van der Waals surface area contributed by atoms with Crippen LogP contribution < -0.4 is 5.32 Å². The quantitative estimate of drug-likeness (QED) is 0.593. The van der Waals surface area contributed by atoms with Crippen LogP contribution in [0.25, 0.3) is 10.8 Å².